The molecule has 0 bridgehead atoms. The third-order valence-corrected chi connectivity index (χ3v) is 3.06. The fourth-order valence-electron chi connectivity index (χ4n) is 1.93. The number of halogens is 1. The van der Waals surface area contributed by atoms with E-state index in [-0.39, 0.29) is 11.9 Å². The van der Waals surface area contributed by atoms with E-state index in [9.17, 15) is 4.39 Å². The van der Waals surface area contributed by atoms with Gasteiger partial charge in [-0.2, -0.15) is 0 Å². The summed E-state index contributed by atoms with van der Waals surface area (Å²) in [6, 6.07) is 5.42. The number of hydrogen-bond donors (Lipinski definition) is 1. The highest BCUT2D eigenvalue weighted by molar-refractivity contribution is 5.48. The Morgan fingerprint density at radius 2 is 2.10 bits per heavy atom. The number of anilines is 1. The molecule has 0 unspecified atom stereocenters. The molecule has 1 N–H and O–H groups in total. The van der Waals surface area contributed by atoms with Gasteiger partial charge in [0.1, 0.15) is 5.82 Å². The Labute approximate surface area is 122 Å². The summed E-state index contributed by atoms with van der Waals surface area (Å²) in [6.45, 7) is 9.07. The first kappa shape index (κ1) is 16.9. The topological polar surface area (TPSA) is 24.5 Å². The monoisotopic (exact) mass is 282 g/mol. The number of nitrogens with zero attached hydrogens (tertiary/aromatic N) is 1. The molecule has 0 heterocycles. The van der Waals surface area contributed by atoms with Crippen molar-refractivity contribution in [3.05, 3.63) is 29.6 Å². The molecular weight excluding hydrogens is 255 g/mol. The highest BCUT2D eigenvalue weighted by Crippen LogP contribution is 2.19. The maximum atomic E-state index is 14.1. The number of rotatable bonds is 9. The summed E-state index contributed by atoms with van der Waals surface area (Å²) in [7, 11) is 1.89. The maximum absolute atomic E-state index is 14.1. The molecule has 0 aliphatic rings. The quantitative estimate of drug-likeness (QED) is 0.704. The summed E-state index contributed by atoms with van der Waals surface area (Å²) in [4.78, 5) is 1.89. The molecule has 114 valence electrons. The Morgan fingerprint density at radius 1 is 1.35 bits per heavy atom. The standard InChI is InChI=1S/C16H27FN2O/c1-5-8-18-12-14-6-7-16(15(17)11-14)19(4)9-10-20-13(2)3/h6-7,11,13,18H,5,8-10,12H2,1-4H3. The lowest BCUT2D eigenvalue weighted by molar-refractivity contribution is 0.0845. The first-order valence-electron chi connectivity index (χ1n) is 7.36. The molecule has 0 fully saturated rings. The molecule has 4 heteroatoms. The molecule has 0 radical (unpaired) electrons. The third kappa shape index (κ3) is 5.88. The molecule has 0 atom stereocenters. The zero-order valence-electron chi connectivity index (χ0n) is 13.1. The Balaban J connectivity index is 2.53. The Hall–Kier alpha value is -1.13. The number of hydrogen-bond acceptors (Lipinski definition) is 3. The zero-order valence-corrected chi connectivity index (χ0v) is 13.1. The molecule has 0 spiro atoms. The molecule has 0 amide bonds. The molecule has 3 nitrogen and oxygen atoms in total. The largest absolute Gasteiger partial charge is 0.377 e. The summed E-state index contributed by atoms with van der Waals surface area (Å²) >= 11 is 0. The lowest BCUT2D eigenvalue weighted by Crippen LogP contribution is -2.25. The lowest BCUT2D eigenvalue weighted by atomic mass is 10.2. The second-order valence-electron chi connectivity index (χ2n) is 5.30. The lowest BCUT2D eigenvalue weighted by Gasteiger charge is -2.21. The van der Waals surface area contributed by atoms with Crippen LogP contribution in [0.1, 0.15) is 32.8 Å². The van der Waals surface area contributed by atoms with Gasteiger partial charge in [0.2, 0.25) is 0 Å². The zero-order chi connectivity index (χ0) is 15.0. The predicted octanol–water partition coefficient (Wildman–Crippen LogP) is 3.19. The molecule has 1 aromatic carbocycles. The predicted molar refractivity (Wildman–Crippen MR) is 82.8 cm³/mol. The first-order chi connectivity index (χ1) is 9.54. The molecule has 0 aliphatic heterocycles. The van der Waals surface area contributed by atoms with Gasteiger partial charge in [-0.15, -0.1) is 0 Å². The van der Waals surface area contributed by atoms with Gasteiger partial charge in [0.15, 0.2) is 0 Å². The number of likely N-dealkylation sites (N-methyl/N-ethyl adjacent to an activating group) is 1. The van der Waals surface area contributed by atoms with Gasteiger partial charge in [-0.05, 0) is 44.5 Å². The second-order valence-corrected chi connectivity index (χ2v) is 5.30. The summed E-state index contributed by atoms with van der Waals surface area (Å²) in [6.07, 6.45) is 1.29. The molecule has 0 saturated heterocycles. The minimum atomic E-state index is -0.173. The van der Waals surface area contributed by atoms with Gasteiger partial charge < -0.3 is 15.0 Å². The molecule has 0 aromatic heterocycles. The molecule has 0 aliphatic carbocycles. The van der Waals surface area contributed by atoms with E-state index >= 15 is 0 Å². The normalized spacial score (nSPS) is 11.1. The van der Waals surface area contributed by atoms with Crippen LogP contribution in [0.5, 0.6) is 0 Å². The molecule has 20 heavy (non-hydrogen) atoms. The van der Waals surface area contributed by atoms with E-state index in [1.54, 1.807) is 6.07 Å². The van der Waals surface area contributed by atoms with Crippen molar-refractivity contribution in [3.8, 4) is 0 Å². The van der Waals surface area contributed by atoms with Gasteiger partial charge in [-0.1, -0.05) is 13.0 Å². The summed E-state index contributed by atoms with van der Waals surface area (Å²) in [5.74, 6) is -0.173. The fourth-order valence-corrected chi connectivity index (χ4v) is 1.93. The Kier molecular flexibility index (Phi) is 7.55. The van der Waals surface area contributed by atoms with Crippen LogP contribution in [-0.4, -0.2) is 32.8 Å². The van der Waals surface area contributed by atoms with Crippen LogP contribution in [0.3, 0.4) is 0 Å². The van der Waals surface area contributed by atoms with Crippen LogP contribution in [-0.2, 0) is 11.3 Å². The van der Waals surface area contributed by atoms with Gasteiger partial charge in [0, 0.05) is 20.1 Å². The van der Waals surface area contributed by atoms with Crippen LogP contribution in [0, 0.1) is 5.82 Å². The second kappa shape index (κ2) is 8.93. The minimum absolute atomic E-state index is 0.173. The molecule has 1 aromatic rings. The van der Waals surface area contributed by atoms with E-state index in [1.165, 1.54) is 0 Å². The van der Waals surface area contributed by atoms with Crippen molar-refractivity contribution in [1.82, 2.24) is 5.32 Å². The average Bonchev–Trinajstić information content (AvgIpc) is 2.38. The van der Waals surface area contributed by atoms with Crippen molar-refractivity contribution in [1.29, 1.82) is 0 Å². The van der Waals surface area contributed by atoms with Crippen molar-refractivity contribution >= 4 is 5.69 Å². The SMILES string of the molecule is CCCNCc1ccc(N(C)CCOC(C)C)c(F)c1. The van der Waals surface area contributed by atoms with Gasteiger partial charge in [-0.25, -0.2) is 4.39 Å². The van der Waals surface area contributed by atoms with E-state index in [4.69, 9.17) is 4.74 Å². The summed E-state index contributed by atoms with van der Waals surface area (Å²) in [5, 5.41) is 3.27. The van der Waals surface area contributed by atoms with Crippen LogP contribution in [0.15, 0.2) is 18.2 Å². The Morgan fingerprint density at radius 3 is 2.70 bits per heavy atom. The van der Waals surface area contributed by atoms with Crippen LogP contribution in [0.4, 0.5) is 10.1 Å². The van der Waals surface area contributed by atoms with Crippen molar-refractivity contribution in [3.63, 3.8) is 0 Å². The Bertz CT molecular complexity index is 396. The highest BCUT2D eigenvalue weighted by atomic mass is 19.1. The van der Waals surface area contributed by atoms with Crippen molar-refractivity contribution in [2.75, 3.05) is 31.6 Å². The van der Waals surface area contributed by atoms with Gasteiger partial charge >= 0.3 is 0 Å². The van der Waals surface area contributed by atoms with Crippen LogP contribution >= 0.6 is 0 Å². The van der Waals surface area contributed by atoms with E-state index < -0.39 is 0 Å². The van der Waals surface area contributed by atoms with Gasteiger partial charge in [0.25, 0.3) is 0 Å². The van der Waals surface area contributed by atoms with Crippen LogP contribution < -0.4 is 10.2 Å². The smallest absolute Gasteiger partial charge is 0.146 e. The summed E-state index contributed by atoms with van der Waals surface area (Å²) in [5.41, 5.74) is 1.60. The molecular formula is C16H27FN2O. The molecule has 0 saturated carbocycles. The van der Waals surface area contributed by atoms with Crippen molar-refractivity contribution in [2.24, 2.45) is 0 Å². The van der Waals surface area contributed by atoms with E-state index in [2.05, 4.69) is 12.2 Å². The van der Waals surface area contributed by atoms with E-state index in [1.807, 2.05) is 37.9 Å². The van der Waals surface area contributed by atoms with E-state index in [0.717, 1.165) is 18.5 Å². The fraction of sp³-hybridized carbons (Fsp3) is 0.625. The number of ether oxygens (including phenoxy) is 1. The van der Waals surface area contributed by atoms with Crippen LogP contribution in [0.25, 0.3) is 0 Å². The molecule has 1 rings (SSSR count). The first-order valence-corrected chi connectivity index (χ1v) is 7.36. The number of benzene rings is 1. The van der Waals surface area contributed by atoms with Gasteiger partial charge in [0.05, 0.1) is 18.4 Å². The average molecular weight is 282 g/mol. The third-order valence-electron chi connectivity index (χ3n) is 3.06. The number of nitrogens with one attached hydrogen (secondary N) is 1. The van der Waals surface area contributed by atoms with Crippen molar-refractivity contribution < 1.29 is 9.13 Å². The maximum Gasteiger partial charge on any atom is 0.146 e. The van der Waals surface area contributed by atoms with Gasteiger partial charge in [-0.3, -0.25) is 0 Å². The summed E-state index contributed by atoms with van der Waals surface area (Å²) < 4.78 is 19.6. The minimum Gasteiger partial charge on any atom is -0.377 e. The van der Waals surface area contributed by atoms with E-state index in [0.29, 0.717) is 25.4 Å². The van der Waals surface area contributed by atoms with Crippen LogP contribution in [0.2, 0.25) is 0 Å². The van der Waals surface area contributed by atoms with Crippen molar-refractivity contribution in [2.45, 2.75) is 39.8 Å². The highest BCUT2D eigenvalue weighted by Gasteiger charge is 2.08.